The van der Waals surface area contributed by atoms with Gasteiger partial charge in [-0.1, -0.05) is 36.4 Å². The number of methoxy groups -OCH3 is 1. The predicted molar refractivity (Wildman–Crippen MR) is 128 cm³/mol. The second-order valence-electron chi connectivity index (χ2n) is 7.56. The van der Waals surface area contributed by atoms with Crippen LogP contribution in [0.1, 0.15) is 17.2 Å². The first-order valence-corrected chi connectivity index (χ1v) is 10.7. The van der Waals surface area contributed by atoms with Crippen LogP contribution >= 0.6 is 24.2 Å². The first-order chi connectivity index (χ1) is 14.1. The zero-order valence-electron chi connectivity index (χ0n) is 17.5. The summed E-state index contributed by atoms with van der Waals surface area (Å²) in [6.07, 6.45) is 0.467. The van der Waals surface area contributed by atoms with E-state index in [9.17, 15) is 4.79 Å². The molecule has 6 heteroatoms. The van der Waals surface area contributed by atoms with Gasteiger partial charge < -0.3 is 14.5 Å². The maximum Gasteiger partial charge on any atom is 0.228 e. The zero-order valence-corrected chi connectivity index (χ0v) is 19.1. The molecule has 0 bridgehead atoms. The number of thioether (sulfide) groups is 1. The summed E-state index contributed by atoms with van der Waals surface area (Å²) < 4.78 is 5.30. The van der Waals surface area contributed by atoms with Gasteiger partial charge in [0.15, 0.2) is 0 Å². The third kappa shape index (κ3) is 4.59. The number of amides is 1. The van der Waals surface area contributed by atoms with Gasteiger partial charge in [0.1, 0.15) is 5.75 Å². The smallest absolute Gasteiger partial charge is 0.228 e. The number of rotatable bonds is 5. The molecule has 0 saturated carbocycles. The quantitative estimate of drug-likeness (QED) is 0.529. The Morgan fingerprint density at radius 3 is 2.43 bits per heavy atom. The maximum absolute atomic E-state index is 13.4. The van der Waals surface area contributed by atoms with Gasteiger partial charge in [0.05, 0.1) is 12.8 Å². The molecule has 1 aliphatic heterocycles. The van der Waals surface area contributed by atoms with Crippen molar-refractivity contribution < 1.29 is 9.53 Å². The van der Waals surface area contributed by atoms with Crippen molar-refractivity contribution in [2.24, 2.45) is 0 Å². The van der Waals surface area contributed by atoms with E-state index in [2.05, 4.69) is 47.4 Å². The molecule has 3 aromatic carbocycles. The first-order valence-electron chi connectivity index (χ1n) is 9.84. The maximum atomic E-state index is 13.4. The number of nitrogens with zero attached hydrogens (tertiary/aromatic N) is 2. The molecule has 1 unspecified atom stereocenters. The molecule has 4 rings (SSSR count). The molecule has 0 fully saturated rings. The number of ether oxygens (including phenoxy) is 1. The fraction of sp³-hybridized carbons (Fsp3) is 0.292. The van der Waals surface area contributed by atoms with E-state index in [0.29, 0.717) is 13.0 Å². The van der Waals surface area contributed by atoms with Gasteiger partial charge in [-0.25, -0.2) is 0 Å². The van der Waals surface area contributed by atoms with Crippen LogP contribution in [0, 0.1) is 0 Å². The molecule has 1 atom stereocenters. The Morgan fingerprint density at radius 2 is 1.77 bits per heavy atom. The van der Waals surface area contributed by atoms with E-state index in [1.807, 2.05) is 37.2 Å². The molecular weight excluding hydrogens is 416 g/mol. The second kappa shape index (κ2) is 9.73. The highest BCUT2D eigenvalue weighted by atomic mass is 35.5. The van der Waals surface area contributed by atoms with Crippen molar-refractivity contribution in [1.82, 2.24) is 4.90 Å². The zero-order chi connectivity index (χ0) is 20.4. The van der Waals surface area contributed by atoms with Crippen molar-refractivity contribution in [2.75, 3.05) is 39.2 Å². The number of hydrogen-bond acceptors (Lipinski definition) is 4. The molecule has 0 radical (unpaired) electrons. The van der Waals surface area contributed by atoms with Gasteiger partial charge in [0.25, 0.3) is 0 Å². The topological polar surface area (TPSA) is 32.8 Å². The Bertz CT molecular complexity index is 1020. The summed E-state index contributed by atoms with van der Waals surface area (Å²) in [5.41, 5.74) is 2.17. The van der Waals surface area contributed by atoms with Crippen molar-refractivity contribution in [3.05, 3.63) is 66.2 Å². The van der Waals surface area contributed by atoms with Crippen LogP contribution in [-0.2, 0) is 4.79 Å². The highest BCUT2D eigenvalue weighted by molar-refractivity contribution is 7.99. The molecule has 0 N–H and O–H groups in total. The molecule has 0 aliphatic carbocycles. The van der Waals surface area contributed by atoms with Crippen LogP contribution < -0.4 is 9.64 Å². The van der Waals surface area contributed by atoms with Gasteiger partial charge in [-0.2, -0.15) is 0 Å². The first kappa shape index (κ1) is 22.5. The van der Waals surface area contributed by atoms with Crippen LogP contribution in [0.25, 0.3) is 10.8 Å². The summed E-state index contributed by atoms with van der Waals surface area (Å²) in [4.78, 5) is 18.7. The number of likely N-dealkylation sites (N-methyl/N-ethyl adjacent to an activating group) is 1. The number of benzene rings is 3. The van der Waals surface area contributed by atoms with Gasteiger partial charge in [-0.05, 0) is 49.3 Å². The van der Waals surface area contributed by atoms with Gasteiger partial charge in [-0.15, -0.1) is 24.2 Å². The Labute approximate surface area is 188 Å². The van der Waals surface area contributed by atoms with E-state index < -0.39 is 0 Å². The van der Waals surface area contributed by atoms with Gasteiger partial charge in [-0.3, -0.25) is 4.79 Å². The molecule has 0 aromatic heterocycles. The van der Waals surface area contributed by atoms with E-state index in [1.54, 1.807) is 18.9 Å². The van der Waals surface area contributed by atoms with Gasteiger partial charge >= 0.3 is 0 Å². The van der Waals surface area contributed by atoms with Crippen molar-refractivity contribution >= 4 is 46.5 Å². The van der Waals surface area contributed by atoms with E-state index in [0.717, 1.165) is 23.5 Å². The third-order valence-electron chi connectivity index (χ3n) is 5.32. The standard InChI is InChI=1S/C24H26N2O2S.ClH/c1-25(2)14-15-26-20-8-4-6-18-7-5-9-21(24(18)20)29-22(16-23(26)27)17-10-12-19(28-3)13-11-17;/h4-13,22H,14-16H2,1-3H3;1H. The lowest BCUT2D eigenvalue weighted by atomic mass is 10.0. The molecule has 1 amide bonds. The summed E-state index contributed by atoms with van der Waals surface area (Å²) in [5.74, 6) is 0.998. The van der Waals surface area contributed by atoms with E-state index in [1.165, 1.54) is 15.7 Å². The summed E-state index contributed by atoms with van der Waals surface area (Å²) in [5, 5.41) is 2.41. The number of hydrogen-bond donors (Lipinski definition) is 0. The molecule has 1 aliphatic rings. The van der Waals surface area contributed by atoms with Crippen molar-refractivity contribution in [3.63, 3.8) is 0 Å². The Balaban J connectivity index is 0.00000256. The lowest BCUT2D eigenvalue weighted by Gasteiger charge is -2.31. The largest absolute Gasteiger partial charge is 0.497 e. The average molecular weight is 443 g/mol. The third-order valence-corrected chi connectivity index (χ3v) is 6.64. The monoisotopic (exact) mass is 442 g/mol. The lowest BCUT2D eigenvalue weighted by molar-refractivity contribution is -0.118. The highest BCUT2D eigenvalue weighted by Gasteiger charge is 2.28. The number of carbonyl (C=O) groups is 1. The molecule has 0 spiro atoms. The van der Waals surface area contributed by atoms with Crippen molar-refractivity contribution in [1.29, 1.82) is 0 Å². The normalized spacial score (nSPS) is 16.2. The van der Waals surface area contributed by atoms with E-state index >= 15 is 0 Å². The van der Waals surface area contributed by atoms with E-state index in [4.69, 9.17) is 4.74 Å². The van der Waals surface area contributed by atoms with Crippen LogP contribution in [-0.4, -0.2) is 45.1 Å². The summed E-state index contributed by atoms with van der Waals surface area (Å²) >= 11 is 1.78. The molecular formula is C24H27ClN2O2S. The Morgan fingerprint density at radius 1 is 1.07 bits per heavy atom. The highest BCUT2D eigenvalue weighted by Crippen LogP contribution is 2.46. The molecule has 3 aromatic rings. The van der Waals surface area contributed by atoms with Crippen LogP contribution in [0.5, 0.6) is 5.75 Å². The predicted octanol–water partition coefficient (Wildman–Crippen LogP) is 5.40. The van der Waals surface area contributed by atoms with Gasteiger partial charge in [0.2, 0.25) is 5.91 Å². The summed E-state index contributed by atoms with van der Waals surface area (Å²) in [6, 6.07) is 20.7. The summed E-state index contributed by atoms with van der Waals surface area (Å²) in [7, 11) is 5.75. The van der Waals surface area contributed by atoms with Crippen molar-refractivity contribution in [3.8, 4) is 5.75 Å². The lowest BCUT2D eigenvalue weighted by Crippen LogP contribution is -2.37. The molecule has 0 saturated heterocycles. The molecule has 158 valence electrons. The fourth-order valence-corrected chi connectivity index (χ4v) is 5.08. The molecule has 4 nitrogen and oxygen atoms in total. The summed E-state index contributed by atoms with van der Waals surface area (Å²) in [6.45, 7) is 1.50. The van der Waals surface area contributed by atoms with Gasteiger partial charge in [0, 0.05) is 35.0 Å². The minimum Gasteiger partial charge on any atom is -0.497 e. The average Bonchev–Trinajstić information content (AvgIpc) is 2.72. The minimum atomic E-state index is 0. The Kier molecular flexibility index (Phi) is 7.29. The van der Waals surface area contributed by atoms with Crippen LogP contribution in [0.4, 0.5) is 5.69 Å². The SMILES string of the molecule is COc1ccc(C2CC(=O)N(CCN(C)C)c3cccc4cccc(c34)S2)cc1.Cl. The number of anilines is 1. The minimum absolute atomic E-state index is 0. The second-order valence-corrected chi connectivity index (χ2v) is 8.81. The fourth-order valence-electron chi connectivity index (χ4n) is 3.76. The number of carbonyl (C=O) groups excluding carboxylic acids is 1. The van der Waals surface area contributed by atoms with Crippen LogP contribution in [0.2, 0.25) is 0 Å². The van der Waals surface area contributed by atoms with Crippen molar-refractivity contribution in [2.45, 2.75) is 16.6 Å². The van der Waals surface area contributed by atoms with Crippen LogP contribution in [0.3, 0.4) is 0 Å². The van der Waals surface area contributed by atoms with E-state index in [-0.39, 0.29) is 23.6 Å². The number of halogens is 1. The Hall–Kier alpha value is -2.21. The van der Waals surface area contributed by atoms with Crippen LogP contribution in [0.15, 0.2) is 65.6 Å². The molecule has 1 heterocycles. The molecule has 30 heavy (non-hydrogen) atoms.